The van der Waals surface area contributed by atoms with E-state index in [1.807, 2.05) is 91.0 Å². The number of fused-ring (bicyclic) bond motifs is 13. The number of halogens is 4. The first kappa shape index (κ1) is 51.1. The van der Waals surface area contributed by atoms with Gasteiger partial charge in [-0.2, -0.15) is 0 Å². The van der Waals surface area contributed by atoms with Gasteiger partial charge < -0.3 is 18.2 Å². The molecule has 4 heterocycles. The van der Waals surface area contributed by atoms with Gasteiger partial charge in [0.05, 0.1) is 10.5 Å². The van der Waals surface area contributed by atoms with Crippen LogP contribution in [0.3, 0.4) is 0 Å². The van der Waals surface area contributed by atoms with E-state index in [0.29, 0.717) is 11.1 Å². The number of aromatic nitrogens is 1. The molecule has 0 atom stereocenters. The summed E-state index contributed by atoms with van der Waals surface area (Å²) in [7, 11) is -0.446. The fourth-order valence-corrected chi connectivity index (χ4v) is 14.6. The van der Waals surface area contributed by atoms with Gasteiger partial charge in [0.2, 0.25) is 0 Å². The summed E-state index contributed by atoms with van der Waals surface area (Å²) in [5, 5.41) is 24.4. The quantitative estimate of drug-likeness (QED) is 0.105. The average molecular weight is 1290 g/mol. The maximum absolute atomic E-state index is 11.4. The van der Waals surface area contributed by atoms with Gasteiger partial charge in [0, 0.05) is 83.6 Å². The lowest BCUT2D eigenvalue weighted by molar-refractivity contribution is -0.384. The van der Waals surface area contributed by atoms with Crippen LogP contribution in [0.1, 0.15) is 0 Å². The van der Waals surface area contributed by atoms with E-state index >= 15 is 0 Å². The molecule has 15 aromatic rings. The molecular weight excluding hydrogens is 1250 g/mol. The molecule has 12 heteroatoms. The number of nitrogens with one attached hydrogen (secondary N) is 1. The molecule has 0 aliphatic heterocycles. The van der Waals surface area contributed by atoms with Crippen LogP contribution < -0.4 is 15.9 Å². The van der Waals surface area contributed by atoms with Gasteiger partial charge in [-0.15, -0.1) is 0 Å². The fraction of sp³-hybridized carbons (Fsp3) is 0. The summed E-state index contributed by atoms with van der Waals surface area (Å²) < 4.78 is 21.8. The van der Waals surface area contributed by atoms with E-state index in [-0.39, 0.29) is 10.6 Å². The van der Waals surface area contributed by atoms with Crippen molar-refractivity contribution in [1.29, 1.82) is 0 Å². The minimum atomic E-state index is -0.446. The van der Waals surface area contributed by atoms with E-state index in [9.17, 15) is 10.1 Å². The molecular formula is C66H41Br4N2O5P. The predicted molar refractivity (Wildman–Crippen MR) is 339 cm³/mol. The van der Waals surface area contributed by atoms with Crippen molar-refractivity contribution in [2.24, 2.45) is 0 Å². The van der Waals surface area contributed by atoms with Crippen LogP contribution in [0.25, 0.3) is 98.7 Å². The zero-order valence-corrected chi connectivity index (χ0v) is 48.3. The number of hydrogen-bond donors (Lipinski definition) is 1. The van der Waals surface area contributed by atoms with Gasteiger partial charge >= 0.3 is 0 Å². The van der Waals surface area contributed by atoms with Gasteiger partial charge in [-0.05, 0) is 103 Å². The molecule has 0 aliphatic carbocycles. The summed E-state index contributed by atoms with van der Waals surface area (Å²) in [4.78, 5) is 14.5. The van der Waals surface area contributed by atoms with Crippen molar-refractivity contribution in [2.75, 3.05) is 0 Å². The van der Waals surface area contributed by atoms with Crippen LogP contribution in [0.2, 0.25) is 0 Å². The third kappa shape index (κ3) is 9.86. The number of aromatic amines is 1. The number of benzene rings is 11. The van der Waals surface area contributed by atoms with Crippen LogP contribution in [-0.4, -0.2) is 9.91 Å². The average Bonchev–Trinajstić information content (AvgIpc) is 4.42. The highest BCUT2D eigenvalue weighted by molar-refractivity contribution is 9.11. The van der Waals surface area contributed by atoms with Gasteiger partial charge in [0.15, 0.2) is 0 Å². The molecule has 4 aromatic heterocycles. The second kappa shape index (κ2) is 22.4. The topological polar surface area (TPSA) is 98.3 Å². The summed E-state index contributed by atoms with van der Waals surface area (Å²) in [5.74, 6) is 0. The van der Waals surface area contributed by atoms with Crippen molar-refractivity contribution in [1.82, 2.24) is 4.98 Å². The lowest BCUT2D eigenvalue weighted by atomic mass is 9.98. The van der Waals surface area contributed by atoms with Gasteiger partial charge in [-0.3, -0.25) is 10.1 Å². The number of nitro benzene ring substituents is 1. The minimum absolute atomic E-state index is 0.0846. The first-order chi connectivity index (χ1) is 38.2. The Kier molecular flexibility index (Phi) is 14.7. The molecule has 0 spiro atoms. The van der Waals surface area contributed by atoms with Gasteiger partial charge in [0.1, 0.15) is 33.5 Å². The van der Waals surface area contributed by atoms with E-state index in [4.69, 9.17) is 13.3 Å². The van der Waals surface area contributed by atoms with E-state index in [1.54, 1.807) is 18.2 Å². The molecule has 0 fully saturated rings. The maximum Gasteiger partial charge on any atom is 0.277 e. The molecule has 0 amide bonds. The lowest BCUT2D eigenvalue weighted by Crippen LogP contribution is -2.20. The summed E-state index contributed by atoms with van der Waals surface area (Å²) in [6, 6.07) is 81.0. The summed E-state index contributed by atoms with van der Waals surface area (Å²) in [6.45, 7) is 0. The first-order valence-corrected chi connectivity index (χ1v) is 29.3. The van der Waals surface area contributed by atoms with Crippen molar-refractivity contribution in [3.63, 3.8) is 0 Å². The summed E-state index contributed by atoms with van der Waals surface area (Å²) >= 11 is 14.3. The third-order valence-corrected chi connectivity index (χ3v) is 18.5. The third-order valence-electron chi connectivity index (χ3n) is 13.4. The lowest BCUT2D eigenvalue weighted by Gasteiger charge is -2.18. The van der Waals surface area contributed by atoms with Crippen LogP contribution in [0.5, 0.6) is 0 Å². The molecule has 7 nitrogen and oxygen atoms in total. The van der Waals surface area contributed by atoms with Crippen molar-refractivity contribution >= 4 is 181 Å². The van der Waals surface area contributed by atoms with Crippen LogP contribution in [0.4, 0.5) is 5.69 Å². The fourth-order valence-electron chi connectivity index (χ4n) is 10.1. The summed E-state index contributed by atoms with van der Waals surface area (Å²) in [5.41, 5.74) is 8.87. The normalized spacial score (nSPS) is 11.3. The second-order valence-corrected chi connectivity index (χ2v) is 23.7. The Bertz CT molecular complexity index is 4520. The number of para-hydroxylation sites is 2. The largest absolute Gasteiger partial charge is 0.456 e. The number of nitrogens with zero attached hydrogens (tertiary/aromatic N) is 1. The number of hydrogen-bond acceptors (Lipinski definition) is 5. The van der Waals surface area contributed by atoms with Gasteiger partial charge in [0.25, 0.3) is 5.69 Å². The Morgan fingerprint density at radius 2 is 0.705 bits per heavy atom. The first-order valence-electron chi connectivity index (χ1n) is 24.8. The molecule has 0 saturated carbocycles. The van der Waals surface area contributed by atoms with E-state index < -0.39 is 7.92 Å². The maximum atomic E-state index is 11.4. The Hall–Kier alpha value is -7.63. The zero-order valence-electron chi connectivity index (χ0n) is 41.0. The number of rotatable bonds is 5. The Morgan fingerprint density at radius 3 is 1.19 bits per heavy atom. The van der Waals surface area contributed by atoms with Crippen molar-refractivity contribution in [2.45, 2.75) is 0 Å². The smallest absolute Gasteiger partial charge is 0.277 e. The van der Waals surface area contributed by atoms with Crippen LogP contribution in [0.15, 0.2) is 274 Å². The Morgan fingerprint density at radius 1 is 0.333 bits per heavy atom. The number of furan rings is 3. The molecule has 15 rings (SSSR count). The van der Waals surface area contributed by atoms with E-state index in [0.717, 1.165) is 89.3 Å². The van der Waals surface area contributed by atoms with Crippen LogP contribution in [-0.2, 0) is 0 Å². The molecule has 0 saturated heterocycles. The Labute approximate surface area is 481 Å². The molecule has 0 radical (unpaired) electrons. The van der Waals surface area contributed by atoms with Crippen LogP contribution in [0, 0.1) is 10.1 Å². The molecule has 11 aromatic carbocycles. The zero-order chi connectivity index (χ0) is 53.3. The molecule has 0 aliphatic rings. The molecule has 78 heavy (non-hydrogen) atoms. The van der Waals surface area contributed by atoms with Crippen molar-refractivity contribution < 1.29 is 18.2 Å². The molecule has 0 bridgehead atoms. The summed E-state index contributed by atoms with van der Waals surface area (Å²) in [6.07, 6.45) is 0. The molecule has 1 N–H and O–H groups in total. The monoisotopic (exact) mass is 1290 g/mol. The highest BCUT2D eigenvalue weighted by Crippen LogP contribution is 2.44. The van der Waals surface area contributed by atoms with Crippen molar-refractivity contribution in [3.05, 3.63) is 271 Å². The predicted octanol–water partition coefficient (Wildman–Crippen LogP) is 20.5. The van der Waals surface area contributed by atoms with Gasteiger partial charge in [-0.25, -0.2) is 0 Å². The SMILES string of the molecule is Brc1cccc2oc3ccc4[nH]c5ccccc5c4c3c12.Brc1cccc2oc3cccc(Br)c3c12.O=[N+]([O-])c1ccccc1-c1cccc2oc3cccc(Br)c3c12.c1ccc(P(c2ccccc2)c2ccccc2)cc1. The van der Waals surface area contributed by atoms with E-state index in [2.05, 4.69) is 196 Å². The highest BCUT2D eigenvalue weighted by atomic mass is 79.9. The number of H-pyrrole nitrogens is 1. The molecule has 378 valence electrons. The van der Waals surface area contributed by atoms with Gasteiger partial charge in [-0.1, -0.05) is 221 Å². The standard InChI is InChI=1S/C18H10BrNO3.C18H10BrNO.C18H15P.C12H6Br2O/c19-13-7-4-10-16-18(13)17-12(6-3-9-15(17)23-16)11-5-1-2-8-14(11)20(21)22;19-11-5-3-7-14-17(11)18-15(21-14)9-8-13-16(18)10-4-1-2-6-12(10)20-13;1-4-10-16(11-5-1)19(17-12-6-2-7-13-17)18-14-8-3-9-15-18;13-7-3-1-5-9-11(7)12-8(14)4-2-6-10(12)15-9/h1-10H;1-9,20H;1-15H;1-6H. The second-order valence-electron chi connectivity index (χ2n) is 18.1. The number of nitro groups is 1. The highest BCUT2D eigenvalue weighted by Gasteiger charge is 2.21. The minimum Gasteiger partial charge on any atom is -0.456 e. The van der Waals surface area contributed by atoms with E-state index in [1.165, 1.54) is 38.1 Å². The van der Waals surface area contributed by atoms with Crippen LogP contribution >= 0.6 is 71.6 Å². The Balaban J connectivity index is 0.000000105. The molecule has 0 unspecified atom stereocenters. The van der Waals surface area contributed by atoms with Crippen molar-refractivity contribution in [3.8, 4) is 11.1 Å².